The summed E-state index contributed by atoms with van der Waals surface area (Å²) in [5.41, 5.74) is -0.220. The smallest absolute Gasteiger partial charge is 0.266 e. The van der Waals surface area contributed by atoms with Gasteiger partial charge in [0.2, 0.25) is 0 Å². The SMILES string of the molecule is O=C1c2ccccc2C(=O)N1c1cc(F)c(Oc2ccnc(Cl)c2)cc1F. The maximum atomic E-state index is 14.6. The molecular weight excluding hydrogens is 378 g/mol. The Bertz CT molecular complexity index is 1070. The van der Waals surface area contributed by atoms with Crippen LogP contribution in [0.5, 0.6) is 11.5 Å². The van der Waals surface area contributed by atoms with Crippen LogP contribution in [0.25, 0.3) is 0 Å². The van der Waals surface area contributed by atoms with Crippen LogP contribution in [-0.4, -0.2) is 16.8 Å². The average molecular weight is 387 g/mol. The van der Waals surface area contributed by atoms with Crippen LogP contribution in [0.4, 0.5) is 14.5 Å². The second-order valence-electron chi connectivity index (χ2n) is 5.64. The third kappa shape index (κ3) is 2.92. The lowest BCUT2D eigenvalue weighted by atomic mass is 10.1. The molecule has 0 N–H and O–H groups in total. The summed E-state index contributed by atoms with van der Waals surface area (Å²) in [6.45, 7) is 0. The number of rotatable bonds is 3. The first-order valence-corrected chi connectivity index (χ1v) is 8.10. The number of fused-ring (bicyclic) bond motifs is 1. The first kappa shape index (κ1) is 17.1. The van der Waals surface area contributed by atoms with Crippen LogP contribution in [0.15, 0.2) is 54.7 Å². The van der Waals surface area contributed by atoms with E-state index in [-0.39, 0.29) is 22.0 Å². The molecule has 27 heavy (non-hydrogen) atoms. The van der Waals surface area contributed by atoms with Gasteiger partial charge >= 0.3 is 0 Å². The van der Waals surface area contributed by atoms with Gasteiger partial charge in [0.05, 0.1) is 16.8 Å². The Labute approximate surface area is 156 Å². The number of anilines is 1. The van der Waals surface area contributed by atoms with Gasteiger partial charge in [-0.15, -0.1) is 0 Å². The van der Waals surface area contributed by atoms with E-state index in [1.54, 1.807) is 12.1 Å². The molecule has 1 aromatic heterocycles. The van der Waals surface area contributed by atoms with Gasteiger partial charge in [-0.2, -0.15) is 0 Å². The van der Waals surface area contributed by atoms with E-state index in [1.165, 1.54) is 30.5 Å². The molecule has 0 bridgehead atoms. The van der Waals surface area contributed by atoms with E-state index in [4.69, 9.17) is 16.3 Å². The molecule has 2 heterocycles. The lowest BCUT2D eigenvalue weighted by Gasteiger charge is -2.16. The van der Waals surface area contributed by atoms with E-state index in [0.717, 1.165) is 12.1 Å². The second-order valence-corrected chi connectivity index (χ2v) is 6.03. The normalized spacial score (nSPS) is 13.1. The van der Waals surface area contributed by atoms with Gasteiger partial charge in [0.25, 0.3) is 11.8 Å². The largest absolute Gasteiger partial charge is 0.454 e. The van der Waals surface area contributed by atoms with Gasteiger partial charge in [-0.1, -0.05) is 23.7 Å². The van der Waals surface area contributed by atoms with Crippen LogP contribution in [0, 0.1) is 11.6 Å². The van der Waals surface area contributed by atoms with Crippen LogP contribution in [0.2, 0.25) is 5.15 Å². The predicted molar refractivity (Wildman–Crippen MR) is 93.3 cm³/mol. The summed E-state index contributed by atoms with van der Waals surface area (Å²) < 4.78 is 34.3. The van der Waals surface area contributed by atoms with E-state index in [1.807, 2.05) is 0 Å². The fourth-order valence-electron chi connectivity index (χ4n) is 2.75. The molecule has 2 aromatic carbocycles. The van der Waals surface area contributed by atoms with Crippen molar-refractivity contribution in [2.75, 3.05) is 4.90 Å². The second kappa shape index (κ2) is 6.44. The Kier molecular flexibility index (Phi) is 4.08. The van der Waals surface area contributed by atoms with Crippen molar-refractivity contribution in [2.45, 2.75) is 0 Å². The minimum atomic E-state index is -0.985. The van der Waals surface area contributed by atoms with Gasteiger partial charge < -0.3 is 4.74 Å². The number of benzene rings is 2. The summed E-state index contributed by atoms with van der Waals surface area (Å²) in [7, 11) is 0. The highest BCUT2D eigenvalue weighted by atomic mass is 35.5. The number of carbonyl (C=O) groups is 2. The molecule has 8 heteroatoms. The molecule has 0 saturated carbocycles. The van der Waals surface area contributed by atoms with Crippen molar-refractivity contribution < 1.29 is 23.1 Å². The molecule has 3 aromatic rings. The third-order valence-electron chi connectivity index (χ3n) is 3.96. The molecule has 0 fully saturated rings. The maximum Gasteiger partial charge on any atom is 0.266 e. The quantitative estimate of drug-likeness (QED) is 0.487. The number of ether oxygens (including phenoxy) is 1. The van der Waals surface area contributed by atoms with Crippen molar-refractivity contribution in [1.82, 2.24) is 4.98 Å². The number of amides is 2. The Morgan fingerprint density at radius 3 is 2.22 bits per heavy atom. The topological polar surface area (TPSA) is 59.5 Å². The highest BCUT2D eigenvalue weighted by molar-refractivity contribution is 6.34. The summed E-state index contributed by atoms with van der Waals surface area (Å²) in [5.74, 6) is -3.64. The maximum absolute atomic E-state index is 14.6. The summed E-state index contributed by atoms with van der Waals surface area (Å²) in [6, 6.07) is 10.3. The molecule has 0 radical (unpaired) electrons. The molecule has 1 aliphatic heterocycles. The highest BCUT2D eigenvalue weighted by Gasteiger charge is 2.38. The molecular formula is C19H9ClF2N2O3. The number of halogens is 3. The summed E-state index contributed by atoms with van der Waals surface area (Å²) in [4.78, 5) is 29.3. The number of aromatic nitrogens is 1. The molecule has 134 valence electrons. The summed E-state index contributed by atoms with van der Waals surface area (Å²) in [6.07, 6.45) is 1.35. The molecule has 5 nitrogen and oxygen atoms in total. The zero-order chi connectivity index (χ0) is 19.1. The van der Waals surface area contributed by atoms with Crippen molar-refractivity contribution in [2.24, 2.45) is 0 Å². The Morgan fingerprint density at radius 1 is 0.926 bits per heavy atom. The Balaban J connectivity index is 1.71. The fraction of sp³-hybridized carbons (Fsp3) is 0. The van der Waals surface area contributed by atoms with Gasteiger partial charge in [0, 0.05) is 24.4 Å². The summed E-state index contributed by atoms with van der Waals surface area (Å²) in [5, 5.41) is 0.121. The lowest BCUT2D eigenvalue weighted by molar-refractivity contribution is 0.0924. The van der Waals surface area contributed by atoms with E-state index in [9.17, 15) is 18.4 Å². The van der Waals surface area contributed by atoms with E-state index < -0.39 is 34.9 Å². The Morgan fingerprint density at radius 2 is 1.59 bits per heavy atom. The molecule has 0 atom stereocenters. The number of hydrogen-bond acceptors (Lipinski definition) is 4. The number of pyridine rings is 1. The van der Waals surface area contributed by atoms with Gasteiger partial charge in [-0.05, 0) is 18.2 Å². The van der Waals surface area contributed by atoms with Crippen LogP contribution in [0.1, 0.15) is 20.7 Å². The van der Waals surface area contributed by atoms with Gasteiger partial charge in [-0.25, -0.2) is 18.7 Å². The predicted octanol–water partition coefficient (Wildman–Crippen LogP) is 4.61. The zero-order valence-corrected chi connectivity index (χ0v) is 14.2. The van der Waals surface area contributed by atoms with E-state index in [2.05, 4.69) is 4.98 Å². The molecule has 2 amide bonds. The van der Waals surface area contributed by atoms with Crippen molar-refractivity contribution >= 4 is 29.1 Å². The molecule has 0 saturated heterocycles. The third-order valence-corrected chi connectivity index (χ3v) is 4.17. The van der Waals surface area contributed by atoms with Crippen molar-refractivity contribution in [1.29, 1.82) is 0 Å². The number of hydrogen-bond donors (Lipinski definition) is 0. The molecule has 0 unspecified atom stereocenters. The highest BCUT2D eigenvalue weighted by Crippen LogP contribution is 2.35. The molecule has 0 spiro atoms. The van der Waals surface area contributed by atoms with Crippen molar-refractivity contribution in [3.8, 4) is 11.5 Å². The van der Waals surface area contributed by atoms with E-state index >= 15 is 0 Å². The van der Waals surface area contributed by atoms with Crippen LogP contribution in [0.3, 0.4) is 0 Å². The zero-order valence-electron chi connectivity index (χ0n) is 13.4. The van der Waals surface area contributed by atoms with Gasteiger partial charge in [-0.3, -0.25) is 9.59 Å². The van der Waals surface area contributed by atoms with Crippen molar-refractivity contribution in [3.05, 3.63) is 82.6 Å². The number of carbonyl (C=O) groups excluding carboxylic acids is 2. The van der Waals surface area contributed by atoms with Crippen molar-refractivity contribution in [3.63, 3.8) is 0 Å². The standard InChI is InChI=1S/C19H9ClF2N2O3/c20-17-7-10(5-6-23-17)27-16-9-13(21)15(8-14(16)22)24-18(25)11-3-1-2-4-12(11)19(24)26/h1-9H. The summed E-state index contributed by atoms with van der Waals surface area (Å²) >= 11 is 5.73. The molecule has 1 aliphatic rings. The number of nitrogens with zero attached hydrogens (tertiary/aromatic N) is 2. The minimum absolute atomic E-state index is 0.121. The Hall–Kier alpha value is -3.32. The van der Waals surface area contributed by atoms with Crippen LogP contribution < -0.4 is 9.64 Å². The van der Waals surface area contributed by atoms with E-state index in [0.29, 0.717) is 4.90 Å². The number of imide groups is 1. The lowest BCUT2D eigenvalue weighted by Crippen LogP contribution is -2.30. The molecule has 0 aliphatic carbocycles. The van der Waals surface area contributed by atoms with Gasteiger partial charge in [0.15, 0.2) is 17.4 Å². The first-order chi connectivity index (χ1) is 13.0. The molecule has 4 rings (SSSR count). The van der Waals surface area contributed by atoms with Gasteiger partial charge in [0.1, 0.15) is 10.9 Å². The van der Waals surface area contributed by atoms with Crippen LogP contribution in [-0.2, 0) is 0 Å². The average Bonchev–Trinajstić information content (AvgIpc) is 2.89. The fourth-order valence-corrected chi connectivity index (χ4v) is 2.91. The van der Waals surface area contributed by atoms with Crippen LogP contribution >= 0.6 is 11.6 Å². The first-order valence-electron chi connectivity index (χ1n) is 7.72. The minimum Gasteiger partial charge on any atom is -0.454 e. The monoisotopic (exact) mass is 386 g/mol.